The van der Waals surface area contributed by atoms with Crippen LogP contribution < -0.4 is 48.7 Å². The second kappa shape index (κ2) is 34.6. The summed E-state index contributed by atoms with van der Waals surface area (Å²) in [6.07, 6.45) is 9.55. The zero-order valence-corrected chi connectivity index (χ0v) is 58.2. The fourth-order valence-electron chi connectivity index (χ4n) is 10.3. The molecule has 15 heterocycles. The summed E-state index contributed by atoms with van der Waals surface area (Å²) in [7, 11) is 3.98. The molecule has 0 saturated carbocycles. The normalized spacial score (nSPS) is 11.2. The van der Waals surface area contributed by atoms with Gasteiger partial charge < -0.3 is 53.8 Å². The molecule has 0 aliphatic carbocycles. The quantitative estimate of drug-likeness (QED) is 0.0265. The van der Waals surface area contributed by atoms with Gasteiger partial charge in [-0.15, -0.1) is 0 Å². The summed E-state index contributed by atoms with van der Waals surface area (Å²) in [5.74, 6) is 4.11. The number of hydrogen-bond donors (Lipinski definition) is 14. The molecule has 528 valence electrons. The van der Waals surface area contributed by atoms with Crippen LogP contribution in [0.3, 0.4) is 0 Å². The van der Waals surface area contributed by atoms with Gasteiger partial charge >= 0.3 is 0 Å². The molecule has 0 radical (unpaired) electrons. The Morgan fingerprint density at radius 2 is 0.738 bits per heavy atom. The fraction of sp³-hybridized carbons (Fsp3) is 0.247. The first-order valence-electron chi connectivity index (χ1n) is 33.6. The summed E-state index contributed by atoms with van der Waals surface area (Å²) in [5, 5.41) is 65.6. The number of pyridine rings is 10. The zero-order valence-electron chi connectivity index (χ0n) is 58.2. The molecule has 15 rings (SSSR count). The number of anilines is 5. The van der Waals surface area contributed by atoms with E-state index in [1.165, 1.54) is 0 Å². The molecule has 0 spiro atoms. The zero-order chi connectivity index (χ0) is 72.0. The van der Waals surface area contributed by atoms with E-state index in [1.54, 1.807) is 31.0 Å². The van der Waals surface area contributed by atoms with Crippen LogP contribution in [0, 0.1) is 5.41 Å². The van der Waals surface area contributed by atoms with Crippen LogP contribution in [0.4, 0.5) is 29.1 Å². The van der Waals surface area contributed by atoms with E-state index in [1.807, 2.05) is 180 Å². The Hall–Kier alpha value is -12.4. The lowest BCUT2D eigenvalue weighted by Gasteiger charge is -2.23. The molecule has 0 fully saturated rings. The van der Waals surface area contributed by atoms with Crippen LogP contribution in [0.15, 0.2) is 183 Å². The average Bonchev–Trinajstić information content (AvgIpc) is 1.72. The number of hydrogen-bond acceptors (Lipinski definition) is 25. The van der Waals surface area contributed by atoms with Crippen molar-refractivity contribution in [1.29, 1.82) is 0 Å². The van der Waals surface area contributed by atoms with Gasteiger partial charge in [0.2, 0.25) is 0 Å². The predicted molar refractivity (Wildman–Crippen MR) is 409 cm³/mol. The minimum Gasteiger partial charge on any atom is -0.395 e. The lowest BCUT2D eigenvalue weighted by atomic mass is 9.94. The molecule has 0 unspecified atom stereocenters. The Morgan fingerprint density at radius 3 is 1.07 bits per heavy atom. The second-order valence-electron chi connectivity index (χ2n) is 25.2. The van der Waals surface area contributed by atoms with Crippen molar-refractivity contribution in [2.24, 2.45) is 22.6 Å². The van der Waals surface area contributed by atoms with Gasteiger partial charge in [0.25, 0.3) is 0 Å². The number of aliphatic hydroxyl groups excluding tert-OH is 1. The number of likely N-dealkylation sites (N-methyl/N-ethyl adjacent to an activating group) is 2. The van der Waals surface area contributed by atoms with E-state index >= 15 is 0 Å². The van der Waals surface area contributed by atoms with Gasteiger partial charge in [-0.1, -0.05) is 44.2 Å². The SMILES string of the molecule is CC(C)(CN)CNc1cccc(-c2[nH]nc3ncccc23)n1.CC(C)(N)CNc1cccc(-c2[nH]nc3ncccc23)n1.CNCCN(C)c1cccc(-c2[nH]nc3ncccc23)n1.NCCCNc1cccc(-c2[nH]nc3ncccc23)n1.OCCNc1cccc(-c2[nH]nc3ncccc23)n1. The highest BCUT2D eigenvalue weighted by Gasteiger charge is 2.18. The molecule has 15 aromatic heterocycles. The van der Waals surface area contributed by atoms with Gasteiger partial charge in [0.05, 0.1) is 63.5 Å². The number of fused-ring (bicyclic) bond motifs is 5. The minimum absolute atomic E-state index is 0.0300. The molecule has 0 saturated heterocycles. The molecule has 15 aromatic rings. The summed E-state index contributed by atoms with van der Waals surface area (Å²) in [5.41, 5.74) is 29.0. The van der Waals surface area contributed by atoms with Gasteiger partial charge in [-0.25, -0.2) is 49.8 Å². The van der Waals surface area contributed by atoms with Crippen molar-refractivity contribution in [3.8, 4) is 56.9 Å². The second-order valence-corrected chi connectivity index (χ2v) is 25.2. The Labute approximate surface area is 593 Å². The third kappa shape index (κ3) is 19.1. The van der Waals surface area contributed by atoms with Crippen molar-refractivity contribution < 1.29 is 5.11 Å². The van der Waals surface area contributed by atoms with Crippen molar-refractivity contribution >= 4 is 84.3 Å². The number of aromatic amines is 5. The summed E-state index contributed by atoms with van der Waals surface area (Å²) in [6, 6.07) is 48.6. The van der Waals surface area contributed by atoms with E-state index in [2.05, 4.69) is 141 Å². The number of nitrogens with one attached hydrogen (secondary N) is 10. The van der Waals surface area contributed by atoms with Crippen LogP contribution in [0.5, 0.6) is 0 Å². The fourth-order valence-corrected chi connectivity index (χ4v) is 10.3. The number of aliphatic hydroxyl groups is 1. The first-order valence-corrected chi connectivity index (χ1v) is 33.6. The van der Waals surface area contributed by atoms with Crippen LogP contribution in [0.1, 0.15) is 34.1 Å². The Balaban J connectivity index is 0.000000129. The summed E-state index contributed by atoms with van der Waals surface area (Å²) in [4.78, 5) is 46.2. The van der Waals surface area contributed by atoms with E-state index in [9.17, 15) is 0 Å². The monoisotopic (exact) mass is 1380 g/mol. The van der Waals surface area contributed by atoms with Crippen molar-refractivity contribution in [2.75, 3.05) is 99.2 Å². The highest BCUT2D eigenvalue weighted by molar-refractivity contribution is 5.93. The standard InChI is InChI=1S/C16H20N6.2C15H18N6.C14H16N6.C13H13N5O/c1-16(2,9-17)10-19-13-7-3-6-12(20-13)14-11-5-4-8-18-15(11)22-21-14;1-16-9-10-21(2)13-7-3-6-12(18-13)14-11-5-4-8-17-15(11)20-19-14;1-15(2,16)9-18-12-7-3-6-11(19-12)13-10-5-4-8-17-14(10)21-20-13;15-7-3-9-16-12-6-1-5-11(18-12)13-10-4-2-8-17-14(10)20-19-13;19-8-7-14-11-5-1-4-10(16-11)12-9-3-2-6-15-13(9)18-17-12/h3-8H,9-10,17H2,1-2H3,(H,19,20)(H,18,21,22);3-8,16H,9-10H2,1-2H3,(H,17,19,20);3-8H,9,16H2,1-2H3,(H,18,19)(H,17,20,21);1-2,4-6,8H,3,7,9,15H2,(H,16,18)(H,17,19,20);1-6,19H,7-8H2,(H,14,16)(H,15,17,18). The van der Waals surface area contributed by atoms with Gasteiger partial charge in [-0.3, -0.25) is 25.5 Å². The molecule has 0 atom stereocenters. The van der Waals surface area contributed by atoms with E-state index in [0.29, 0.717) is 54.4 Å². The molecule has 103 heavy (non-hydrogen) atoms. The highest BCUT2D eigenvalue weighted by Crippen LogP contribution is 2.30. The Kier molecular flexibility index (Phi) is 24.2. The van der Waals surface area contributed by atoms with Gasteiger partial charge in [0, 0.05) is 110 Å². The van der Waals surface area contributed by atoms with Crippen LogP contribution in [-0.4, -0.2) is 185 Å². The molecular weight excluding hydrogens is 1300 g/mol. The van der Waals surface area contributed by atoms with Crippen LogP contribution in [0.2, 0.25) is 0 Å². The van der Waals surface area contributed by atoms with E-state index in [-0.39, 0.29) is 17.6 Å². The first kappa shape index (κ1) is 71.9. The van der Waals surface area contributed by atoms with Gasteiger partial charge in [0.1, 0.15) is 29.1 Å². The largest absolute Gasteiger partial charge is 0.395 e. The lowest BCUT2D eigenvalue weighted by molar-refractivity contribution is 0.311. The Bertz CT molecular complexity index is 5150. The van der Waals surface area contributed by atoms with Crippen molar-refractivity contribution in [2.45, 2.75) is 39.7 Å². The predicted octanol–water partition coefficient (Wildman–Crippen LogP) is 9.47. The third-order valence-electron chi connectivity index (χ3n) is 15.9. The van der Waals surface area contributed by atoms with Crippen molar-refractivity contribution in [3.63, 3.8) is 0 Å². The Morgan fingerprint density at radius 1 is 0.408 bits per heavy atom. The minimum atomic E-state index is -0.289. The van der Waals surface area contributed by atoms with Gasteiger partial charge in [0.15, 0.2) is 28.2 Å². The van der Waals surface area contributed by atoms with Crippen molar-refractivity contribution in [3.05, 3.63) is 183 Å². The molecule has 0 amide bonds. The maximum absolute atomic E-state index is 8.81. The summed E-state index contributed by atoms with van der Waals surface area (Å²) >= 11 is 0. The number of rotatable bonds is 23. The molecule has 0 aliphatic heterocycles. The molecule has 30 heteroatoms. The van der Waals surface area contributed by atoms with Crippen LogP contribution in [0.25, 0.3) is 112 Å². The molecule has 17 N–H and O–H groups in total. The summed E-state index contributed by atoms with van der Waals surface area (Å²) in [6.45, 7) is 14.1. The number of aromatic nitrogens is 20. The van der Waals surface area contributed by atoms with E-state index in [0.717, 1.165) is 146 Å². The number of nitrogens with two attached hydrogens (primary N) is 3. The summed E-state index contributed by atoms with van der Waals surface area (Å²) < 4.78 is 0. The van der Waals surface area contributed by atoms with Crippen molar-refractivity contribution in [1.82, 2.24) is 106 Å². The maximum Gasteiger partial charge on any atom is 0.181 e. The molecule has 0 bridgehead atoms. The molecule has 0 aliphatic rings. The number of H-pyrrole nitrogens is 5. The van der Waals surface area contributed by atoms with E-state index < -0.39 is 0 Å². The van der Waals surface area contributed by atoms with Crippen LogP contribution in [-0.2, 0) is 0 Å². The smallest absolute Gasteiger partial charge is 0.181 e. The van der Waals surface area contributed by atoms with E-state index in [4.69, 9.17) is 27.3 Å². The topological polar surface area (TPSA) is 434 Å². The molecule has 0 aromatic carbocycles. The average molecular weight is 1380 g/mol. The maximum atomic E-state index is 8.81. The molecule has 30 nitrogen and oxygen atoms in total. The third-order valence-corrected chi connectivity index (χ3v) is 15.9. The number of nitrogens with zero attached hydrogens (tertiary/aromatic N) is 16. The molecular formula is C73H85N29O. The van der Waals surface area contributed by atoms with Gasteiger partial charge in [-0.2, -0.15) is 25.5 Å². The first-order chi connectivity index (χ1) is 50.2. The van der Waals surface area contributed by atoms with Crippen LogP contribution >= 0.6 is 0 Å². The highest BCUT2D eigenvalue weighted by atomic mass is 16.3. The lowest BCUT2D eigenvalue weighted by Crippen LogP contribution is -2.39. The van der Waals surface area contributed by atoms with Gasteiger partial charge in [-0.05, 0) is 167 Å².